The van der Waals surface area contributed by atoms with Gasteiger partial charge in [-0.1, -0.05) is 17.8 Å². The third-order valence-corrected chi connectivity index (χ3v) is 4.21. The van der Waals surface area contributed by atoms with Crippen LogP contribution < -0.4 is 5.32 Å². The summed E-state index contributed by atoms with van der Waals surface area (Å²) in [6, 6.07) is 5.69. The summed E-state index contributed by atoms with van der Waals surface area (Å²) in [6.07, 6.45) is 2.29. The summed E-state index contributed by atoms with van der Waals surface area (Å²) in [7, 11) is 0. The molecule has 0 spiro atoms. The summed E-state index contributed by atoms with van der Waals surface area (Å²) < 4.78 is 0. The summed E-state index contributed by atoms with van der Waals surface area (Å²) in [5.41, 5.74) is 0. The predicted molar refractivity (Wildman–Crippen MR) is 80.6 cm³/mol. The fourth-order valence-corrected chi connectivity index (χ4v) is 2.90. The Labute approximate surface area is 123 Å². The van der Waals surface area contributed by atoms with Gasteiger partial charge in [0.15, 0.2) is 5.12 Å². The molecule has 108 valence electrons. The fourth-order valence-electron chi connectivity index (χ4n) is 2.20. The molecule has 0 aromatic carbocycles. The lowest BCUT2D eigenvalue weighted by Gasteiger charge is -2.17. The summed E-state index contributed by atoms with van der Waals surface area (Å²) in [5.74, 6) is 2.04. The van der Waals surface area contributed by atoms with E-state index in [0.717, 1.165) is 18.1 Å². The minimum atomic E-state index is 0.118. The number of amides is 1. The number of hydrogen-bond donors (Lipinski definition) is 1. The number of carbonyl (C=O) groups is 2. The summed E-state index contributed by atoms with van der Waals surface area (Å²) >= 11 is 1.31. The molecular weight excluding hydrogens is 274 g/mol. The van der Waals surface area contributed by atoms with E-state index >= 15 is 0 Å². The second-order valence-corrected chi connectivity index (χ2v) is 6.05. The molecule has 1 aliphatic heterocycles. The second kappa shape index (κ2) is 7.28. The van der Waals surface area contributed by atoms with Crippen LogP contribution in [0.25, 0.3) is 0 Å². The van der Waals surface area contributed by atoms with Gasteiger partial charge >= 0.3 is 0 Å². The van der Waals surface area contributed by atoms with Crippen molar-refractivity contribution in [3.05, 3.63) is 24.4 Å². The van der Waals surface area contributed by atoms with Gasteiger partial charge in [0.1, 0.15) is 5.82 Å². The van der Waals surface area contributed by atoms with Crippen LogP contribution in [-0.2, 0) is 9.59 Å². The van der Waals surface area contributed by atoms with E-state index in [2.05, 4.69) is 10.3 Å². The van der Waals surface area contributed by atoms with Gasteiger partial charge in [0.2, 0.25) is 5.91 Å². The molecule has 5 nitrogen and oxygen atoms in total. The van der Waals surface area contributed by atoms with Crippen LogP contribution in [0.1, 0.15) is 13.3 Å². The maximum Gasteiger partial charge on any atom is 0.223 e. The van der Waals surface area contributed by atoms with E-state index in [9.17, 15) is 9.59 Å². The molecule has 1 saturated heterocycles. The number of thioether (sulfide) groups is 1. The Bertz CT molecular complexity index is 467. The molecule has 1 aromatic rings. The molecule has 1 unspecified atom stereocenters. The van der Waals surface area contributed by atoms with Crippen LogP contribution in [0.3, 0.4) is 0 Å². The topological polar surface area (TPSA) is 62.3 Å². The van der Waals surface area contributed by atoms with Crippen LogP contribution in [0.2, 0.25) is 0 Å². The Morgan fingerprint density at radius 2 is 2.40 bits per heavy atom. The number of rotatable bonds is 6. The number of pyridine rings is 1. The van der Waals surface area contributed by atoms with Crippen molar-refractivity contribution in [2.45, 2.75) is 13.3 Å². The molecule has 2 rings (SSSR count). The average Bonchev–Trinajstić information content (AvgIpc) is 2.78. The fraction of sp³-hybridized carbons (Fsp3) is 0.500. The Kier molecular flexibility index (Phi) is 5.40. The molecule has 0 saturated carbocycles. The predicted octanol–water partition coefficient (Wildman–Crippen LogP) is 1.62. The molecule has 6 heteroatoms. The van der Waals surface area contributed by atoms with Crippen molar-refractivity contribution >= 4 is 28.6 Å². The third-order valence-electron chi connectivity index (χ3n) is 3.17. The first kappa shape index (κ1) is 14.8. The van der Waals surface area contributed by atoms with Crippen molar-refractivity contribution < 1.29 is 9.59 Å². The van der Waals surface area contributed by atoms with Crippen LogP contribution in [0.5, 0.6) is 0 Å². The lowest BCUT2D eigenvalue weighted by Crippen LogP contribution is -2.30. The standard InChI is InChI=1S/C14H19N3O2S/c1-11(18)20-10-12-8-14(19)17(9-12)7-6-16-13-4-2-3-5-15-13/h2-5,12H,6-10H2,1H3,(H,15,16). The molecule has 20 heavy (non-hydrogen) atoms. The molecule has 0 radical (unpaired) electrons. The zero-order valence-corrected chi connectivity index (χ0v) is 12.4. The van der Waals surface area contributed by atoms with Gasteiger partial charge in [-0.15, -0.1) is 0 Å². The Balaban J connectivity index is 1.71. The van der Waals surface area contributed by atoms with Crippen LogP contribution in [0.4, 0.5) is 5.82 Å². The van der Waals surface area contributed by atoms with E-state index in [-0.39, 0.29) is 11.0 Å². The number of aromatic nitrogens is 1. The Morgan fingerprint density at radius 1 is 1.55 bits per heavy atom. The highest BCUT2D eigenvalue weighted by atomic mass is 32.2. The van der Waals surface area contributed by atoms with Crippen molar-refractivity contribution in [3.8, 4) is 0 Å². The minimum absolute atomic E-state index is 0.118. The zero-order valence-electron chi connectivity index (χ0n) is 11.5. The lowest BCUT2D eigenvalue weighted by molar-refractivity contribution is -0.127. The number of nitrogens with one attached hydrogen (secondary N) is 1. The van der Waals surface area contributed by atoms with Crippen molar-refractivity contribution in [1.82, 2.24) is 9.88 Å². The smallest absolute Gasteiger partial charge is 0.223 e. The number of likely N-dealkylation sites (tertiary alicyclic amines) is 1. The second-order valence-electron chi connectivity index (χ2n) is 4.85. The monoisotopic (exact) mass is 293 g/mol. The molecular formula is C14H19N3O2S. The van der Waals surface area contributed by atoms with Crippen molar-refractivity contribution in [2.75, 3.05) is 30.7 Å². The van der Waals surface area contributed by atoms with E-state index in [1.165, 1.54) is 11.8 Å². The molecule has 1 aromatic heterocycles. The SMILES string of the molecule is CC(=O)SCC1CC(=O)N(CCNc2ccccn2)C1. The van der Waals surface area contributed by atoms with Gasteiger partial charge in [0.25, 0.3) is 0 Å². The molecule has 0 bridgehead atoms. The number of carbonyl (C=O) groups excluding carboxylic acids is 2. The highest BCUT2D eigenvalue weighted by Crippen LogP contribution is 2.21. The van der Waals surface area contributed by atoms with Crippen molar-refractivity contribution in [3.63, 3.8) is 0 Å². The maximum atomic E-state index is 11.9. The minimum Gasteiger partial charge on any atom is -0.368 e. The molecule has 0 aliphatic carbocycles. The summed E-state index contributed by atoms with van der Waals surface area (Å²) in [5, 5.41) is 3.31. The first-order valence-corrected chi connectivity index (χ1v) is 7.70. The largest absolute Gasteiger partial charge is 0.368 e. The van der Waals surface area contributed by atoms with Crippen LogP contribution in [0.15, 0.2) is 24.4 Å². The van der Waals surface area contributed by atoms with Crippen LogP contribution in [-0.4, -0.2) is 46.3 Å². The van der Waals surface area contributed by atoms with Crippen molar-refractivity contribution in [2.24, 2.45) is 5.92 Å². The van der Waals surface area contributed by atoms with Gasteiger partial charge < -0.3 is 10.2 Å². The highest BCUT2D eigenvalue weighted by molar-refractivity contribution is 8.13. The summed E-state index contributed by atoms with van der Waals surface area (Å²) in [6.45, 7) is 3.69. The summed E-state index contributed by atoms with van der Waals surface area (Å²) in [4.78, 5) is 28.8. The molecule has 1 aliphatic rings. The third kappa shape index (κ3) is 4.52. The van der Waals surface area contributed by atoms with Gasteiger partial charge in [-0.25, -0.2) is 4.98 Å². The Morgan fingerprint density at radius 3 is 3.10 bits per heavy atom. The van der Waals surface area contributed by atoms with Gasteiger partial charge in [-0.2, -0.15) is 0 Å². The van der Waals surface area contributed by atoms with Gasteiger partial charge in [-0.3, -0.25) is 9.59 Å². The van der Waals surface area contributed by atoms with E-state index in [0.29, 0.717) is 25.4 Å². The molecule has 1 atom stereocenters. The highest BCUT2D eigenvalue weighted by Gasteiger charge is 2.29. The molecule has 1 N–H and O–H groups in total. The van der Waals surface area contributed by atoms with Gasteiger partial charge in [-0.05, 0) is 18.1 Å². The quantitative estimate of drug-likeness (QED) is 0.863. The Hall–Kier alpha value is -1.56. The maximum absolute atomic E-state index is 11.9. The number of hydrogen-bond acceptors (Lipinski definition) is 5. The normalized spacial score (nSPS) is 18.4. The van der Waals surface area contributed by atoms with E-state index < -0.39 is 0 Å². The van der Waals surface area contributed by atoms with E-state index in [1.54, 1.807) is 13.1 Å². The molecule has 1 amide bonds. The first-order valence-electron chi connectivity index (χ1n) is 6.71. The van der Waals surface area contributed by atoms with Gasteiger partial charge in [0, 0.05) is 44.9 Å². The lowest BCUT2D eigenvalue weighted by atomic mass is 10.1. The zero-order chi connectivity index (χ0) is 14.4. The number of nitrogens with zero attached hydrogens (tertiary/aromatic N) is 2. The molecule has 2 heterocycles. The van der Waals surface area contributed by atoms with Crippen LogP contribution in [0, 0.1) is 5.92 Å². The molecule has 1 fully saturated rings. The van der Waals surface area contributed by atoms with E-state index in [1.807, 2.05) is 23.1 Å². The van der Waals surface area contributed by atoms with Crippen LogP contribution >= 0.6 is 11.8 Å². The van der Waals surface area contributed by atoms with Crippen molar-refractivity contribution in [1.29, 1.82) is 0 Å². The average molecular weight is 293 g/mol. The first-order chi connectivity index (χ1) is 9.65. The number of anilines is 1. The van der Waals surface area contributed by atoms with E-state index in [4.69, 9.17) is 0 Å². The van der Waals surface area contributed by atoms with Gasteiger partial charge in [0.05, 0.1) is 0 Å².